The Morgan fingerprint density at radius 3 is 2.75 bits per heavy atom. The van der Waals surface area contributed by atoms with Crippen LogP contribution in [-0.4, -0.2) is 76.0 Å². The molecular weight excluding hydrogens is 567 g/mol. The van der Waals surface area contributed by atoms with Crippen LogP contribution in [0.5, 0.6) is 0 Å². The predicted molar refractivity (Wildman–Crippen MR) is 148 cm³/mol. The Kier molecular flexibility index (Phi) is 7.94. The lowest BCUT2D eigenvalue weighted by atomic mass is 10.1. The van der Waals surface area contributed by atoms with E-state index in [0.29, 0.717) is 35.2 Å². The number of halogens is 4. The minimum atomic E-state index is -4.54. The van der Waals surface area contributed by atoms with Crippen LogP contribution in [0.25, 0.3) is 17.0 Å². The highest BCUT2D eigenvalue weighted by atomic mass is 35.5. The monoisotopic (exact) mass is 591 g/mol. The third-order valence-electron chi connectivity index (χ3n) is 6.76. The molecule has 0 N–H and O–H groups in total. The Morgan fingerprint density at radius 1 is 1.23 bits per heavy atom. The fraction of sp³-hybridized carbons (Fsp3) is 0.333. The van der Waals surface area contributed by atoms with Gasteiger partial charge in [-0.25, -0.2) is 0 Å². The number of ether oxygens (including phenoxy) is 1. The lowest BCUT2D eigenvalue weighted by molar-refractivity contribution is -0.138. The highest BCUT2D eigenvalue weighted by molar-refractivity contribution is 8.18. The summed E-state index contributed by atoms with van der Waals surface area (Å²) in [5, 5.41) is 5.63. The zero-order valence-electron chi connectivity index (χ0n) is 21.6. The second-order valence-electron chi connectivity index (χ2n) is 9.55. The molecule has 1 atom stereocenters. The van der Waals surface area contributed by atoms with Gasteiger partial charge in [0.05, 0.1) is 28.7 Å². The zero-order valence-corrected chi connectivity index (χ0v) is 23.2. The topological polar surface area (TPSA) is 80.0 Å². The first kappa shape index (κ1) is 28.2. The number of hydrogen-bond acceptors (Lipinski definition) is 6. The highest BCUT2D eigenvalue weighted by Crippen LogP contribution is 2.35. The molecule has 1 fully saturated rings. The van der Waals surface area contributed by atoms with Gasteiger partial charge in [0.15, 0.2) is 5.17 Å². The van der Waals surface area contributed by atoms with Crippen molar-refractivity contribution < 1.29 is 27.5 Å². The third-order valence-corrected chi connectivity index (χ3v) is 8.02. The molecule has 0 spiro atoms. The van der Waals surface area contributed by atoms with Crippen molar-refractivity contribution in [2.45, 2.75) is 25.7 Å². The van der Waals surface area contributed by atoms with E-state index in [1.54, 1.807) is 29.3 Å². The second kappa shape index (κ2) is 11.3. The van der Waals surface area contributed by atoms with Crippen molar-refractivity contribution >= 4 is 57.3 Å². The normalized spacial score (nSPS) is 19.1. The van der Waals surface area contributed by atoms with Crippen LogP contribution in [0.3, 0.4) is 0 Å². The number of methoxy groups -OCH3 is 1. The summed E-state index contributed by atoms with van der Waals surface area (Å²) in [5.41, 5.74) is 0.658. The van der Waals surface area contributed by atoms with Crippen molar-refractivity contribution in [2.75, 3.05) is 33.4 Å². The van der Waals surface area contributed by atoms with Crippen LogP contribution in [-0.2, 0) is 27.0 Å². The van der Waals surface area contributed by atoms with Crippen LogP contribution in [0.4, 0.5) is 13.2 Å². The number of alkyl halides is 3. The van der Waals surface area contributed by atoms with Crippen molar-refractivity contribution in [3.63, 3.8) is 0 Å². The number of piperazine rings is 1. The Labute approximate surface area is 237 Å². The standard InChI is InChI=1S/C27H25ClF3N5O3S/c1-16-13-34(24(37)15-39-2)7-8-35(16)26-33-25(38)23(40-26)10-17-3-6-22-19(9-17)12-32-36(22)14-18-4-5-20(28)11-21(18)27(29,30)31/h3-6,9-12,16H,7-8,13-15H2,1-2H3/b23-10-. The fourth-order valence-electron chi connectivity index (χ4n) is 4.79. The molecule has 13 heteroatoms. The molecule has 8 nitrogen and oxygen atoms in total. The molecular formula is C27H25ClF3N5O3S. The van der Waals surface area contributed by atoms with Crippen LogP contribution in [0.2, 0.25) is 5.02 Å². The van der Waals surface area contributed by atoms with Gasteiger partial charge in [0.1, 0.15) is 6.61 Å². The first-order valence-corrected chi connectivity index (χ1v) is 13.6. The number of rotatable bonds is 5. The van der Waals surface area contributed by atoms with Crippen molar-refractivity contribution in [3.05, 3.63) is 69.2 Å². The molecule has 0 saturated carbocycles. The van der Waals surface area contributed by atoms with E-state index in [4.69, 9.17) is 16.3 Å². The van der Waals surface area contributed by atoms with Crippen LogP contribution >= 0.6 is 23.4 Å². The minimum Gasteiger partial charge on any atom is -0.375 e. The number of aromatic nitrogens is 2. The molecule has 0 radical (unpaired) electrons. The molecule has 40 heavy (non-hydrogen) atoms. The first-order valence-electron chi connectivity index (χ1n) is 12.4. The maximum Gasteiger partial charge on any atom is 0.416 e. The number of amides is 2. The molecule has 1 saturated heterocycles. The molecule has 0 aliphatic carbocycles. The van der Waals surface area contributed by atoms with Gasteiger partial charge in [-0.1, -0.05) is 23.7 Å². The van der Waals surface area contributed by atoms with E-state index in [2.05, 4.69) is 10.1 Å². The maximum atomic E-state index is 13.5. The van der Waals surface area contributed by atoms with E-state index in [1.807, 2.05) is 17.9 Å². The van der Waals surface area contributed by atoms with Crippen LogP contribution < -0.4 is 0 Å². The van der Waals surface area contributed by atoms with E-state index < -0.39 is 11.7 Å². The molecule has 1 aromatic heterocycles. The van der Waals surface area contributed by atoms with Crippen LogP contribution in [0, 0.1) is 0 Å². The number of carbonyl (C=O) groups excluding carboxylic acids is 2. The Morgan fingerprint density at radius 2 is 2.02 bits per heavy atom. The van der Waals surface area contributed by atoms with E-state index in [0.717, 1.165) is 17.0 Å². The summed E-state index contributed by atoms with van der Waals surface area (Å²) in [5.74, 6) is -0.414. The summed E-state index contributed by atoms with van der Waals surface area (Å²) in [6.45, 7) is 3.51. The van der Waals surface area contributed by atoms with Gasteiger partial charge in [-0.15, -0.1) is 0 Å². The molecule has 2 amide bonds. The largest absolute Gasteiger partial charge is 0.416 e. The Hall–Kier alpha value is -3.35. The van der Waals surface area contributed by atoms with Crippen molar-refractivity contribution in [3.8, 4) is 0 Å². The number of thioether (sulfide) groups is 1. The van der Waals surface area contributed by atoms with Gasteiger partial charge in [0.2, 0.25) is 5.91 Å². The molecule has 2 aliphatic heterocycles. The van der Waals surface area contributed by atoms with Gasteiger partial charge < -0.3 is 14.5 Å². The van der Waals surface area contributed by atoms with Gasteiger partial charge in [0.25, 0.3) is 5.91 Å². The number of carbonyl (C=O) groups is 2. The van der Waals surface area contributed by atoms with Crippen molar-refractivity contribution in [2.24, 2.45) is 4.99 Å². The number of amidine groups is 1. The van der Waals surface area contributed by atoms with Crippen molar-refractivity contribution in [1.82, 2.24) is 19.6 Å². The smallest absolute Gasteiger partial charge is 0.375 e. The molecule has 2 aliphatic rings. The summed E-state index contributed by atoms with van der Waals surface area (Å²) in [7, 11) is 1.49. The molecule has 3 aromatic rings. The number of fused-ring (bicyclic) bond motifs is 1. The van der Waals surface area contributed by atoms with Gasteiger partial charge >= 0.3 is 6.18 Å². The van der Waals surface area contributed by atoms with Gasteiger partial charge in [-0.05, 0) is 60.2 Å². The second-order valence-corrected chi connectivity index (χ2v) is 11.0. The Balaban J connectivity index is 1.30. The Bertz CT molecular complexity index is 1540. The maximum absolute atomic E-state index is 13.5. The highest BCUT2D eigenvalue weighted by Gasteiger charge is 2.34. The lowest BCUT2D eigenvalue weighted by Gasteiger charge is -2.40. The summed E-state index contributed by atoms with van der Waals surface area (Å²) in [6, 6.07) is 9.06. The number of hydrogen-bond donors (Lipinski definition) is 0. The van der Waals surface area contributed by atoms with E-state index in [1.165, 1.54) is 35.7 Å². The molecule has 5 rings (SSSR count). The number of aliphatic imine (C=N–C) groups is 1. The predicted octanol–water partition coefficient (Wildman–Crippen LogP) is 4.91. The van der Waals surface area contributed by atoms with Crippen LogP contribution in [0.1, 0.15) is 23.6 Å². The number of benzene rings is 2. The summed E-state index contributed by atoms with van der Waals surface area (Å²) < 4.78 is 47.1. The lowest BCUT2D eigenvalue weighted by Crippen LogP contribution is -2.55. The van der Waals surface area contributed by atoms with Gasteiger partial charge in [0, 0.05) is 43.2 Å². The quantitative estimate of drug-likeness (QED) is 0.393. The summed E-state index contributed by atoms with van der Waals surface area (Å²) >= 11 is 7.08. The SMILES string of the molecule is COCC(=O)N1CCN(C2=NC(=O)/C(=C/c3ccc4c(cnn4Cc4ccc(Cl)cc4C(F)(F)F)c3)S2)C(C)C1. The first-order chi connectivity index (χ1) is 19.0. The van der Waals surface area contributed by atoms with Crippen molar-refractivity contribution in [1.29, 1.82) is 0 Å². The molecule has 3 heterocycles. The molecule has 0 bridgehead atoms. The molecule has 1 unspecified atom stereocenters. The summed E-state index contributed by atoms with van der Waals surface area (Å²) in [6.07, 6.45) is -1.22. The third kappa shape index (κ3) is 5.89. The minimum absolute atomic E-state index is 0.0134. The zero-order chi connectivity index (χ0) is 28.6. The van der Waals surface area contributed by atoms with Gasteiger partial charge in [-0.2, -0.15) is 23.3 Å². The van der Waals surface area contributed by atoms with Crippen LogP contribution in [0.15, 0.2) is 52.5 Å². The fourth-order valence-corrected chi connectivity index (χ4v) is 6.00. The van der Waals surface area contributed by atoms with E-state index in [9.17, 15) is 22.8 Å². The van der Waals surface area contributed by atoms with E-state index >= 15 is 0 Å². The number of nitrogens with zero attached hydrogens (tertiary/aromatic N) is 5. The average Bonchev–Trinajstić information content (AvgIpc) is 3.47. The molecule has 2 aromatic carbocycles. The molecule has 210 valence electrons. The van der Waals surface area contributed by atoms with Gasteiger partial charge in [-0.3, -0.25) is 14.3 Å². The average molecular weight is 592 g/mol. The van der Waals surface area contributed by atoms with E-state index in [-0.39, 0.29) is 41.6 Å². The summed E-state index contributed by atoms with van der Waals surface area (Å²) in [4.78, 5) is 33.3.